The highest BCUT2D eigenvalue weighted by atomic mass is 16.2. The molecule has 6 nitrogen and oxygen atoms in total. The molecular weight excluding hydrogens is 414 g/mol. The lowest BCUT2D eigenvalue weighted by Crippen LogP contribution is -2.59. The number of benzene rings is 2. The summed E-state index contributed by atoms with van der Waals surface area (Å²) in [6.45, 7) is 5.19. The summed E-state index contributed by atoms with van der Waals surface area (Å²) in [6, 6.07) is 18.0. The van der Waals surface area contributed by atoms with Crippen LogP contribution in [0.15, 0.2) is 54.6 Å². The minimum Gasteiger partial charge on any atom is -0.343 e. The SMILES string of the molecule is CCN1CCN(C(=O)CCCN2CCCC2=O)[C@@H](Cc2ccc(-c3ccccc3)cc2)C1=O. The molecule has 2 aromatic rings. The van der Waals surface area contributed by atoms with E-state index in [0.29, 0.717) is 51.9 Å². The molecule has 0 N–H and O–H groups in total. The second-order valence-electron chi connectivity index (χ2n) is 8.88. The number of nitrogens with zero attached hydrogens (tertiary/aromatic N) is 3. The Morgan fingerprint density at radius 1 is 0.909 bits per heavy atom. The van der Waals surface area contributed by atoms with Crippen molar-refractivity contribution < 1.29 is 14.4 Å². The van der Waals surface area contributed by atoms with E-state index in [0.717, 1.165) is 29.7 Å². The van der Waals surface area contributed by atoms with E-state index < -0.39 is 6.04 Å². The molecule has 2 aliphatic rings. The first-order valence-corrected chi connectivity index (χ1v) is 12.1. The highest BCUT2D eigenvalue weighted by molar-refractivity contribution is 5.89. The van der Waals surface area contributed by atoms with Gasteiger partial charge in [-0.05, 0) is 36.5 Å². The van der Waals surface area contributed by atoms with E-state index in [-0.39, 0.29) is 17.7 Å². The molecule has 0 bridgehead atoms. The fourth-order valence-electron chi connectivity index (χ4n) is 4.84. The molecule has 6 heteroatoms. The summed E-state index contributed by atoms with van der Waals surface area (Å²) in [5, 5.41) is 0. The Bertz CT molecular complexity index is 974. The molecule has 0 spiro atoms. The fraction of sp³-hybridized carbons (Fsp3) is 0.444. The summed E-state index contributed by atoms with van der Waals surface area (Å²) in [4.78, 5) is 43.5. The highest BCUT2D eigenvalue weighted by Crippen LogP contribution is 2.22. The molecule has 174 valence electrons. The highest BCUT2D eigenvalue weighted by Gasteiger charge is 2.36. The van der Waals surface area contributed by atoms with Gasteiger partial charge in [-0.15, -0.1) is 0 Å². The van der Waals surface area contributed by atoms with E-state index in [2.05, 4.69) is 36.4 Å². The second kappa shape index (κ2) is 10.6. The molecule has 0 saturated carbocycles. The van der Waals surface area contributed by atoms with E-state index in [1.54, 1.807) is 4.90 Å². The van der Waals surface area contributed by atoms with Crippen LogP contribution in [0.2, 0.25) is 0 Å². The third-order valence-electron chi connectivity index (χ3n) is 6.77. The number of amides is 3. The van der Waals surface area contributed by atoms with Gasteiger partial charge in [0.2, 0.25) is 17.7 Å². The van der Waals surface area contributed by atoms with Crippen LogP contribution < -0.4 is 0 Å². The minimum absolute atomic E-state index is 0.0108. The zero-order valence-electron chi connectivity index (χ0n) is 19.4. The van der Waals surface area contributed by atoms with Gasteiger partial charge in [-0.3, -0.25) is 14.4 Å². The van der Waals surface area contributed by atoms with Crippen molar-refractivity contribution in [3.63, 3.8) is 0 Å². The zero-order chi connectivity index (χ0) is 23.2. The minimum atomic E-state index is -0.470. The van der Waals surface area contributed by atoms with Gasteiger partial charge in [0, 0.05) is 52.0 Å². The quantitative estimate of drug-likeness (QED) is 0.624. The summed E-state index contributed by atoms with van der Waals surface area (Å²) in [5.74, 6) is 0.224. The van der Waals surface area contributed by atoms with Crippen LogP contribution in [0.1, 0.15) is 38.2 Å². The molecule has 0 radical (unpaired) electrons. The van der Waals surface area contributed by atoms with Gasteiger partial charge in [-0.1, -0.05) is 54.6 Å². The molecule has 2 fully saturated rings. The topological polar surface area (TPSA) is 60.9 Å². The normalized spacial score (nSPS) is 18.8. The van der Waals surface area contributed by atoms with Gasteiger partial charge in [-0.2, -0.15) is 0 Å². The Morgan fingerprint density at radius 3 is 2.30 bits per heavy atom. The summed E-state index contributed by atoms with van der Waals surface area (Å²) in [6.07, 6.45) is 3.05. The van der Waals surface area contributed by atoms with E-state index >= 15 is 0 Å². The second-order valence-corrected chi connectivity index (χ2v) is 8.88. The van der Waals surface area contributed by atoms with Gasteiger partial charge in [0.05, 0.1) is 0 Å². The first-order chi connectivity index (χ1) is 16.1. The average Bonchev–Trinajstić information content (AvgIpc) is 3.25. The molecule has 33 heavy (non-hydrogen) atoms. The number of carbonyl (C=O) groups excluding carboxylic acids is 3. The van der Waals surface area contributed by atoms with Gasteiger partial charge in [0.1, 0.15) is 6.04 Å². The van der Waals surface area contributed by atoms with Gasteiger partial charge in [-0.25, -0.2) is 0 Å². The van der Waals surface area contributed by atoms with Crippen LogP contribution in [0.4, 0.5) is 0 Å². The van der Waals surface area contributed by atoms with Crippen LogP contribution in [-0.4, -0.2) is 71.2 Å². The molecule has 1 atom stereocenters. The van der Waals surface area contributed by atoms with Crippen molar-refractivity contribution in [2.24, 2.45) is 0 Å². The standard InChI is InChI=1S/C27H33N3O3/c1-2-28-18-19-30(26(32)11-7-17-29-16-6-10-25(29)31)24(27(28)33)20-21-12-14-23(15-13-21)22-8-4-3-5-9-22/h3-5,8-9,12-15,24H,2,6-7,10-11,16-20H2,1H3/t24-/m0/s1. The lowest BCUT2D eigenvalue weighted by molar-refractivity contribution is -0.151. The van der Waals surface area contributed by atoms with Crippen molar-refractivity contribution >= 4 is 17.7 Å². The Hall–Kier alpha value is -3.15. The van der Waals surface area contributed by atoms with Gasteiger partial charge < -0.3 is 14.7 Å². The predicted molar refractivity (Wildman–Crippen MR) is 128 cm³/mol. The number of rotatable bonds is 8. The first kappa shape index (κ1) is 23.0. The smallest absolute Gasteiger partial charge is 0.245 e. The molecule has 2 saturated heterocycles. The third-order valence-corrected chi connectivity index (χ3v) is 6.77. The lowest BCUT2D eigenvalue weighted by Gasteiger charge is -2.40. The first-order valence-electron chi connectivity index (χ1n) is 12.1. The largest absolute Gasteiger partial charge is 0.343 e. The summed E-state index contributed by atoms with van der Waals surface area (Å²) >= 11 is 0. The van der Waals surface area contributed by atoms with E-state index in [9.17, 15) is 14.4 Å². The van der Waals surface area contributed by atoms with Crippen molar-refractivity contribution in [3.05, 3.63) is 60.2 Å². The number of likely N-dealkylation sites (tertiary alicyclic amines) is 1. The maximum Gasteiger partial charge on any atom is 0.245 e. The summed E-state index contributed by atoms with van der Waals surface area (Å²) in [7, 11) is 0. The number of hydrogen-bond donors (Lipinski definition) is 0. The third kappa shape index (κ3) is 5.44. The van der Waals surface area contributed by atoms with Gasteiger partial charge in [0.25, 0.3) is 0 Å². The van der Waals surface area contributed by atoms with E-state index in [1.807, 2.05) is 34.9 Å². The van der Waals surface area contributed by atoms with Crippen molar-refractivity contribution in [2.75, 3.05) is 32.7 Å². The van der Waals surface area contributed by atoms with Crippen LogP contribution in [0.3, 0.4) is 0 Å². The zero-order valence-corrected chi connectivity index (χ0v) is 19.4. The molecule has 0 aliphatic carbocycles. The maximum atomic E-state index is 13.2. The molecule has 4 rings (SSSR count). The van der Waals surface area contributed by atoms with Crippen molar-refractivity contribution in [1.29, 1.82) is 0 Å². The predicted octanol–water partition coefficient (Wildman–Crippen LogP) is 3.36. The average molecular weight is 448 g/mol. The summed E-state index contributed by atoms with van der Waals surface area (Å²) < 4.78 is 0. The number of likely N-dealkylation sites (N-methyl/N-ethyl adjacent to an activating group) is 1. The molecule has 2 aliphatic heterocycles. The molecule has 0 aromatic heterocycles. The van der Waals surface area contributed by atoms with Crippen molar-refractivity contribution in [1.82, 2.24) is 14.7 Å². The number of piperazine rings is 1. The molecule has 3 amide bonds. The van der Waals surface area contributed by atoms with Gasteiger partial charge in [0.15, 0.2) is 0 Å². The fourth-order valence-corrected chi connectivity index (χ4v) is 4.84. The van der Waals surface area contributed by atoms with Crippen LogP contribution in [0.5, 0.6) is 0 Å². The van der Waals surface area contributed by atoms with E-state index in [1.165, 1.54) is 0 Å². The van der Waals surface area contributed by atoms with Gasteiger partial charge >= 0.3 is 0 Å². The lowest BCUT2D eigenvalue weighted by atomic mass is 9.98. The summed E-state index contributed by atoms with van der Waals surface area (Å²) in [5.41, 5.74) is 3.34. The number of carbonyl (C=O) groups is 3. The maximum absolute atomic E-state index is 13.2. The Balaban J connectivity index is 1.42. The monoisotopic (exact) mass is 447 g/mol. The molecular formula is C27H33N3O3. The van der Waals surface area contributed by atoms with Crippen molar-refractivity contribution in [2.45, 2.75) is 45.1 Å². The van der Waals surface area contributed by atoms with E-state index in [4.69, 9.17) is 0 Å². The Labute approximate surface area is 196 Å². The Kier molecular flexibility index (Phi) is 7.43. The molecule has 2 heterocycles. The van der Waals surface area contributed by atoms with Crippen LogP contribution in [-0.2, 0) is 20.8 Å². The number of hydrogen-bond acceptors (Lipinski definition) is 3. The van der Waals surface area contributed by atoms with Crippen LogP contribution in [0, 0.1) is 0 Å². The molecule has 0 unspecified atom stereocenters. The van der Waals surface area contributed by atoms with Crippen LogP contribution in [0.25, 0.3) is 11.1 Å². The van der Waals surface area contributed by atoms with Crippen molar-refractivity contribution in [3.8, 4) is 11.1 Å². The van der Waals surface area contributed by atoms with Crippen LogP contribution >= 0.6 is 0 Å². The Morgan fingerprint density at radius 2 is 1.64 bits per heavy atom. The molecule has 2 aromatic carbocycles.